The van der Waals surface area contributed by atoms with Gasteiger partial charge in [-0.15, -0.1) is 0 Å². The Morgan fingerprint density at radius 1 is 0.966 bits per heavy atom. The maximum Gasteiger partial charge on any atom is 0.280 e. The van der Waals surface area contributed by atoms with Gasteiger partial charge in [-0.25, -0.2) is 0 Å². The highest BCUT2D eigenvalue weighted by molar-refractivity contribution is 5.76. The molecule has 0 N–H and O–H groups in total. The summed E-state index contributed by atoms with van der Waals surface area (Å²) in [7, 11) is 0. The zero-order valence-corrected chi connectivity index (χ0v) is 15.5. The smallest absolute Gasteiger partial charge is 0.280 e. The molecule has 3 rings (SSSR count). The fourth-order valence-electron chi connectivity index (χ4n) is 2.92. The van der Waals surface area contributed by atoms with Gasteiger partial charge in [0.1, 0.15) is 11.5 Å². The molecule has 152 valence electrons. The van der Waals surface area contributed by atoms with Crippen LogP contribution in [0.1, 0.15) is 12.0 Å². The average molecular weight is 401 g/mol. The number of non-ortho nitro benzene ring substituents is 2. The van der Waals surface area contributed by atoms with Crippen molar-refractivity contribution in [3.8, 4) is 11.5 Å². The molecule has 0 bridgehead atoms. The minimum absolute atomic E-state index is 0.00106. The van der Waals surface area contributed by atoms with Gasteiger partial charge in [-0.1, -0.05) is 12.1 Å². The fraction of sp³-hybridized carbons (Fsp3) is 0.316. The summed E-state index contributed by atoms with van der Waals surface area (Å²) in [4.78, 5) is 34.5. The molecule has 2 aromatic rings. The number of nitro benzene ring substituents is 2. The summed E-state index contributed by atoms with van der Waals surface area (Å²) in [6.07, 6.45) is 0.954. The Kier molecular flexibility index (Phi) is 6.35. The van der Waals surface area contributed by atoms with E-state index in [1.54, 1.807) is 29.2 Å². The minimum Gasteiger partial charge on any atom is -0.457 e. The molecule has 2 aromatic carbocycles. The first-order valence-corrected chi connectivity index (χ1v) is 8.98. The summed E-state index contributed by atoms with van der Waals surface area (Å²) in [6, 6.07) is 10.0. The van der Waals surface area contributed by atoms with Crippen molar-refractivity contribution in [1.29, 1.82) is 0 Å². The van der Waals surface area contributed by atoms with E-state index in [1.807, 2.05) is 0 Å². The van der Waals surface area contributed by atoms with Crippen LogP contribution in [0.5, 0.6) is 11.5 Å². The molecule has 0 saturated carbocycles. The Morgan fingerprint density at radius 3 is 2.10 bits per heavy atom. The van der Waals surface area contributed by atoms with Crippen molar-refractivity contribution in [2.24, 2.45) is 0 Å². The van der Waals surface area contributed by atoms with Crippen LogP contribution in [0.3, 0.4) is 0 Å². The van der Waals surface area contributed by atoms with Gasteiger partial charge in [0.15, 0.2) is 0 Å². The molecule has 1 amide bonds. The molecular weight excluding hydrogens is 382 g/mol. The topological polar surface area (TPSA) is 125 Å². The summed E-state index contributed by atoms with van der Waals surface area (Å²) in [6.45, 7) is 2.35. The predicted octanol–water partition coefficient (Wildman–Crippen LogP) is 3.09. The molecule has 0 atom stereocenters. The quantitative estimate of drug-likeness (QED) is 0.515. The minimum atomic E-state index is -0.714. The van der Waals surface area contributed by atoms with Gasteiger partial charge in [0.05, 0.1) is 41.3 Å². The van der Waals surface area contributed by atoms with Crippen LogP contribution >= 0.6 is 0 Å². The van der Waals surface area contributed by atoms with E-state index in [1.165, 1.54) is 0 Å². The standard InChI is InChI=1S/C19H19N3O7/c23-19(20-7-9-28-10-8-20)6-3-14-1-4-17(5-2-14)29-18-12-15(21(24)25)11-16(13-18)22(26)27/h1-2,4-5,11-13H,3,6-10H2. The summed E-state index contributed by atoms with van der Waals surface area (Å²) < 4.78 is 10.8. The highest BCUT2D eigenvalue weighted by Crippen LogP contribution is 2.30. The van der Waals surface area contributed by atoms with E-state index in [0.29, 0.717) is 44.9 Å². The Balaban J connectivity index is 1.62. The molecule has 1 heterocycles. The Bertz CT molecular complexity index is 876. The summed E-state index contributed by atoms with van der Waals surface area (Å²) in [5.41, 5.74) is 0.0869. The fourth-order valence-corrected chi connectivity index (χ4v) is 2.92. The largest absolute Gasteiger partial charge is 0.457 e. The van der Waals surface area contributed by atoms with Gasteiger partial charge in [0.2, 0.25) is 5.91 Å². The predicted molar refractivity (Wildman–Crippen MR) is 102 cm³/mol. The third kappa shape index (κ3) is 5.48. The molecule has 1 aliphatic rings. The zero-order valence-electron chi connectivity index (χ0n) is 15.5. The van der Waals surface area contributed by atoms with Crippen molar-refractivity contribution in [3.63, 3.8) is 0 Å². The highest BCUT2D eigenvalue weighted by Gasteiger charge is 2.18. The molecule has 1 saturated heterocycles. The van der Waals surface area contributed by atoms with Crippen LogP contribution in [0, 0.1) is 20.2 Å². The van der Waals surface area contributed by atoms with Crippen LogP contribution in [0.15, 0.2) is 42.5 Å². The van der Waals surface area contributed by atoms with Gasteiger partial charge >= 0.3 is 0 Å². The van der Waals surface area contributed by atoms with Crippen molar-refractivity contribution in [1.82, 2.24) is 4.90 Å². The molecule has 0 spiro atoms. The van der Waals surface area contributed by atoms with Gasteiger partial charge in [-0.05, 0) is 24.1 Å². The normalized spacial score (nSPS) is 13.7. The highest BCUT2D eigenvalue weighted by atomic mass is 16.6. The lowest BCUT2D eigenvalue weighted by atomic mass is 10.1. The van der Waals surface area contributed by atoms with Crippen molar-refractivity contribution in [2.75, 3.05) is 26.3 Å². The maximum absolute atomic E-state index is 12.2. The van der Waals surface area contributed by atoms with Crippen LogP contribution in [-0.4, -0.2) is 47.0 Å². The molecular formula is C19H19N3O7. The van der Waals surface area contributed by atoms with E-state index in [-0.39, 0.29) is 11.7 Å². The van der Waals surface area contributed by atoms with Crippen LogP contribution < -0.4 is 4.74 Å². The number of aryl methyl sites for hydroxylation is 1. The van der Waals surface area contributed by atoms with Gasteiger partial charge in [-0.2, -0.15) is 0 Å². The number of ether oxygens (including phenoxy) is 2. The van der Waals surface area contributed by atoms with Crippen molar-refractivity contribution in [3.05, 3.63) is 68.3 Å². The van der Waals surface area contributed by atoms with Gasteiger partial charge in [-0.3, -0.25) is 25.0 Å². The Hall–Kier alpha value is -3.53. The number of hydrogen-bond donors (Lipinski definition) is 0. The number of carbonyl (C=O) groups is 1. The molecule has 10 nitrogen and oxygen atoms in total. The van der Waals surface area contributed by atoms with Crippen molar-refractivity contribution in [2.45, 2.75) is 12.8 Å². The molecule has 1 fully saturated rings. The third-order valence-corrected chi connectivity index (χ3v) is 4.45. The Labute approximate surface area is 165 Å². The lowest BCUT2D eigenvalue weighted by molar-refractivity contribution is -0.394. The number of nitrogens with zero attached hydrogens (tertiary/aromatic N) is 3. The molecule has 0 radical (unpaired) electrons. The Morgan fingerprint density at radius 2 is 1.55 bits per heavy atom. The SMILES string of the molecule is O=C(CCc1ccc(Oc2cc([N+](=O)[O-])cc([N+](=O)[O-])c2)cc1)N1CCOCC1. The summed E-state index contributed by atoms with van der Waals surface area (Å²) in [5, 5.41) is 21.9. The number of benzene rings is 2. The monoisotopic (exact) mass is 401 g/mol. The second kappa shape index (κ2) is 9.11. The molecule has 0 aliphatic carbocycles. The second-order valence-electron chi connectivity index (χ2n) is 6.44. The molecule has 29 heavy (non-hydrogen) atoms. The number of morpholine rings is 1. The van der Waals surface area contributed by atoms with E-state index in [0.717, 1.165) is 23.8 Å². The summed E-state index contributed by atoms with van der Waals surface area (Å²) in [5.74, 6) is 0.460. The first kappa shape index (κ1) is 20.2. The number of carbonyl (C=O) groups excluding carboxylic acids is 1. The van der Waals surface area contributed by atoms with Gasteiger partial charge < -0.3 is 14.4 Å². The number of hydrogen-bond acceptors (Lipinski definition) is 7. The second-order valence-corrected chi connectivity index (χ2v) is 6.44. The summed E-state index contributed by atoms with van der Waals surface area (Å²) >= 11 is 0. The van der Waals surface area contributed by atoms with Crippen LogP contribution in [0.25, 0.3) is 0 Å². The van der Waals surface area contributed by atoms with Crippen LogP contribution in [0.4, 0.5) is 11.4 Å². The average Bonchev–Trinajstić information content (AvgIpc) is 2.73. The van der Waals surface area contributed by atoms with E-state index < -0.39 is 21.2 Å². The van der Waals surface area contributed by atoms with E-state index >= 15 is 0 Å². The zero-order chi connectivity index (χ0) is 20.8. The first-order chi connectivity index (χ1) is 13.9. The van der Waals surface area contributed by atoms with Crippen LogP contribution in [0.2, 0.25) is 0 Å². The van der Waals surface area contributed by atoms with Gasteiger partial charge in [0.25, 0.3) is 11.4 Å². The third-order valence-electron chi connectivity index (χ3n) is 4.45. The lowest BCUT2D eigenvalue weighted by Crippen LogP contribution is -2.40. The first-order valence-electron chi connectivity index (χ1n) is 8.98. The van der Waals surface area contributed by atoms with Crippen molar-refractivity contribution >= 4 is 17.3 Å². The van der Waals surface area contributed by atoms with Crippen LogP contribution in [-0.2, 0) is 16.0 Å². The van der Waals surface area contributed by atoms with E-state index in [4.69, 9.17) is 9.47 Å². The molecule has 0 aromatic heterocycles. The maximum atomic E-state index is 12.2. The number of rotatable bonds is 7. The lowest BCUT2D eigenvalue weighted by Gasteiger charge is -2.26. The number of nitro groups is 2. The van der Waals surface area contributed by atoms with Crippen molar-refractivity contribution < 1.29 is 24.1 Å². The molecule has 10 heteroatoms. The van der Waals surface area contributed by atoms with E-state index in [2.05, 4.69) is 0 Å². The number of amides is 1. The van der Waals surface area contributed by atoms with E-state index in [9.17, 15) is 25.0 Å². The molecule has 0 unspecified atom stereocenters. The van der Waals surface area contributed by atoms with Gasteiger partial charge in [0, 0.05) is 19.5 Å². The molecule has 1 aliphatic heterocycles.